The number of para-hydroxylation sites is 2. The third-order valence-electron chi connectivity index (χ3n) is 4.54. The predicted octanol–water partition coefficient (Wildman–Crippen LogP) is 2.70. The summed E-state index contributed by atoms with van der Waals surface area (Å²) >= 11 is 0. The Hall–Kier alpha value is -2.57. The van der Waals surface area contributed by atoms with Crippen molar-refractivity contribution in [2.75, 3.05) is 0 Å². The summed E-state index contributed by atoms with van der Waals surface area (Å²) in [6.45, 7) is 12.2. The van der Waals surface area contributed by atoms with E-state index in [1.54, 1.807) is 37.5 Å². The molecule has 0 aliphatic heterocycles. The average Bonchev–Trinajstić information content (AvgIpc) is 2.80. The van der Waals surface area contributed by atoms with Crippen molar-refractivity contribution in [3.8, 4) is 0 Å². The van der Waals surface area contributed by atoms with Gasteiger partial charge in [-0.2, -0.15) is 0 Å². The van der Waals surface area contributed by atoms with Crippen molar-refractivity contribution >= 4 is 23.0 Å². The first-order chi connectivity index (χ1) is 12.3. The van der Waals surface area contributed by atoms with Gasteiger partial charge in [-0.15, -0.1) is 0 Å². The molecule has 1 aromatic heterocycles. The zero-order chi connectivity index (χ0) is 20.6. The second kappa shape index (κ2) is 7.21. The molecular weight excluding hydrogens is 344 g/mol. The highest BCUT2D eigenvalue weighted by molar-refractivity contribution is 5.92. The molecule has 3 N–H and O–H groups in total. The van der Waals surface area contributed by atoms with Gasteiger partial charge in [-0.25, -0.2) is 14.2 Å². The van der Waals surface area contributed by atoms with Crippen molar-refractivity contribution in [3.05, 3.63) is 34.7 Å². The van der Waals surface area contributed by atoms with Crippen LogP contribution < -0.4 is 16.7 Å². The van der Waals surface area contributed by atoms with Gasteiger partial charge in [0.2, 0.25) is 5.91 Å². The number of nitrogens with two attached hydrogens (primary N) is 1. The molecule has 0 bridgehead atoms. The van der Waals surface area contributed by atoms with Crippen LogP contribution in [0.2, 0.25) is 0 Å². The lowest BCUT2D eigenvalue weighted by atomic mass is 9.86. The van der Waals surface area contributed by atoms with E-state index in [1.165, 1.54) is 0 Å². The van der Waals surface area contributed by atoms with E-state index in [-0.39, 0.29) is 5.41 Å². The molecule has 0 spiro atoms. The van der Waals surface area contributed by atoms with E-state index in [0.29, 0.717) is 17.6 Å². The lowest BCUT2D eigenvalue weighted by Crippen LogP contribution is -2.54. The maximum atomic E-state index is 13.0. The highest BCUT2D eigenvalue weighted by Crippen LogP contribution is 2.22. The molecule has 27 heavy (non-hydrogen) atoms. The fourth-order valence-corrected chi connectivity index (χ4v) is 2.97. The molecule has 0 aliphatic rings. The van der Waals surface area contributed by atoms with Crippen molar-refractivity contribution in [1.82, 2.24) is 14.5 Å². The number of primary amides is 1. The number of hydrogen-bond acceptors (Lipinski definition) is 3. The first-order valence-electron chi connectivity index (χ1n) is 9.13. The van der Waals surface area contributed by atoms with E-state index < -0.39 is 29.1 Å². The summed E-state index contributed by atoms with van der Waals surface area (Å²) in [5.74, 6) is -0.639. The third kappa shape index (κ3) is 4.59. The molecule has 0 radical (unpaired) electrons. The topological polar surface area (TPSA) is 99.1 Å². The van der Waals surface area contributed by atoms with Gasteiger partial charge in [0.05, 0.1) is 11.0 Å². The number of nitrogens with one attached hydrogen (secondary N) is 1. The fraction of sp³-hybridized carbons (Fsp3) is 0.550. The van der Waals surface area contributed by atoms with Crippen LogP contribution in [-0.4, -0.2) is 27.1 Å². The molecule has 2 amide bonds. The number of imidazole rings is 1. The van der Waals surface area contributed by atoms with Crippen LogP contribution in [0.15, 0.2) is 29.1 Å². The summed E-state index contributed by atoms with van der Waals surface area (Å²) in [6, 6.07) is 5.60. The summed E-state index contributed by atoms with van der Waals surface area (Å²) in [5, 5.41) is 2.63. The van der Waals surface area contributed by atoms with Crippen molar-refractivity contribution in [3.63, 3.8) is 0 Å². The van der Waals surface area contributed by atoms with Crippen LogP contribution in [0.1, 0.15) is 48.0 Å². The maximum Gasteiger partial charge on any atom is 0.337 e. The Morgan fingerprint density at radius 1 is 1.07 bits per heavy atom. The molecule has 0 fully saturated rings. The molecule has 1 heterocycles. The molecule has 1 atom stereocenters. The summed E-state index contributed by atoms with van der Waals surface area (Å²) in [5.41, 5.74) is 5.70. The molecule has 0 saturated heterocycles. The molecule has 0 unspecified atom stereocenters. The van der Waals surface area contributed by atoms with Gasteiger partial charge in [0.25, 0.3) is 0 Å². The van der Waals surface area contributed by atoms with Gasteiger partial charge >= 0.3 is 11.7 Å². The van der Waals surface area contributed by atoms with E-state index in [4.69, 9.17) is 5.73 Å². The monoisotopic (exact) mass is 374 g/mol. The van der Waals surface area contributed by atoms with Crippen molar-refractivity contribution in [1.29, 1.82) is 0 Å². The second-order valence-corrected chi connectivity index (χ2v) is 9.22. The zero-order valence-corrected chi connectivity index (χ0v) is 17.0. The van der Waals surface area contributed by atoms with Crippen LogP contribution in [0, 0.1) is 10.8 Å². The number of hydrogen-bond donors (Lipinski definition) is 2. The number of amides is 2. The van der Waals surface area contributed by atoms with Gasteiger partial charge in [0.15, 0.2) is 0 Å². The molecule has 0 saturated carbocycles. The number of nitrogens with zero attached hydrogens (tertiary/aromatic N) is 2. The largest absolute Gasteiger partial charge is 0.368 e. The number of aromatic nitrogens is 2. The normalized spacial score (nSPS) is 13.6. The quantitative estimate of drug-likeness (QED) is 0.860. The Balaban J connectivity index is 2.49. The minimum absolute atomic E-state index is 0.0498. The Morgan fingerprint density at radius 3 is 2.11 bits per heavy atom. The number of carbonyl (C=O) groups excluding carboxylic acids is 2. The molecule has 7 heteroatoms. The van der Waals surface area contributed by atoms with Crippen LogP contribution in [0.3, 0.4) is 0 Å². The maximum absolute atomic E-state index is 13.0. The molecule has 148 valence electrons. The SMILES string of the molecule is CC(C)(C)CCn1c(=O)n(C(=O)N[C@H](C(N)=O)C(C)(C)C)c2ccccc21. The van der Waals surface area contributed by atoms with E-state index >= 15 is 0 Å². The van der Waals surface area contributed by atoms with E-state index in [1.807, 2.05) is 12.1 Å². The fourth-order valence-electron chi connectivity index (χ4n) is 2.97. The molecular formula is C20H30N4O3. The van der Waals surface area contributed by atoms with Gasteiger partial charge in [0, 0.05) is 6.54 Å². The van der Waals surface area contributed by atoms with Gasteiger partial charge < -0.3 is 11.1 Å². The van der Waals surface area contributed by atoms with Gasteiger partial charge in [-0.3, -0.25) is 9.36 Å². The lowest BCUT2D eigenvalue weighted by Gasteiger charge is -2.28. The smallest absolute Gasteiger partial charge is 0.337 e. The van der Waals surface area contributed by atoms with Gasteiger partial charge in [-0.1, -0.05) is 53.7 Å². The molecule has 2 rings (SSSR count). The summed E-state index contributed by atoms with van der Waals surface area (Å²) in [4.78, 5) is 37.7. The average molecular weight is 374 g/mol. The Kier molecular flexibility index (Phi) is 5.54. The minimum Gasteiger partial charge on any atom is -0.368 e. The van der Waals surface area contributed by atoms with Crippen molar-refractivity contribution in [2.24, 2.45) is 16.6 Å². The summed E-state index contributed by atoms with van der Waals surface area (Å²) in [7, 11) is 0. The Labute approximate surface area is 159 Å². The van der Waals surface area contributed by atoms with E-state index in [9.17, 15) is 14.4 Å². The Morgan fingerprint density at radius 2 is 1.63 bits per heavy atom. The zero-order valence-electron chi connectivity index (χ0n) is 17.0. The molecule has 2 aromatic rings. The summed E-state index contributed by atoms with van der Waals surface area (Å²) in [6.07, 6.45) is 0.786. The number of rotatable bonds is 4. The van der Waals surface area contributed by atoms with Gasteiger partial charge in [-0.05, 0) is 29.4 Å². The van der Waals surface area contributed by atoms with E-state index in [0.717, 1.165) is 11.0 Å². The Bertz CT molecular complexity index is 910. The van der Waals surface area contributed by atoms with Crippen LogP contribution >= 0.6 is 0 Å². The molecule has 7 nitrogen and oxygen atoms in total. The predicted molar refractivity (Wildman–Crippen MR) is 107 cm³/mol. The van der Waals surface area contributed by atoms with Crippen molar-refractivity contribution < 1.29 is 9.59 Å². The minimum atomic E-state index is -0.895. The standard InChI is InChI=1S/C20H30N4O3/c1-19(2,3)11-12-23-13-9-7-8-10-14(13)24(18(23)27)17(26)22-15(16(21)25)20(4,5)6/h7-10,15H,11-12H2,1-6H3,(H2,21,25)(H,22,26)/t15-/m1/s1. The lowest BCUT2D eigenvalue weighted by molar-refractivity contribution is -0.122. The van der Waals surface area contributed by atoms with Crippen LogP contribution in [-0.2, 0) is 11.3 Å². The number of carbonyl (C=O) groups is 2. The first-order valence-corrected chi connectivity index (χ1v) is 9.13. The molecule has 1 aromatic carbocycles. The van der Waals surface area contributed by atoms with Crippen LogP contribution in [0.4, 0.5) is 4.79 Å². The van der Waals surface area contributed by atoms with E-state index in [2.05, 4.69) is 26.1 Å². The highest BCUT2D eigenvalue weighted by Gasteiger charge is 2.32. The number of aryl methyl sites for hydroxylation is 1. The summed E-state index contributed by atoms with van der Waals surface area (Å²) < 4.78 is 2.69. The van der Waals surface area contributed by atoms with Crippen molar-refractivity contribution in [2.45, 2.75) is 60.5 Å². The van der Waals surface area contributed by atoms with Gasteiger partial charge in [0.1, 0.15) is 6.04 Å². The highest BCUT2D eigenvalue weighted by atomic mass is 16.2. The number of fused-ring (bicyclic) bond motifs is 1. The van der Waals surface area contributed by atoms with Crippen LogP contribution in [0.25, 0.3) is 11.0 Å². The first kappa shape index (κ1) is 20.7. The second-order valence-electron chi connectivity index (χ2n) is 9.22. The molecule has 0 aliphatic carbocycles. The third-order valence-corrected chi connectivity index (χ3v) is 4.54. The van der Waals surface area contributed by atoms with Crippen LogP contribution in [0.5, 0.6) is 0 Å². The number of benzene rings is 1.